The van der Waals surface area contributed by atoms with Gasteiger partial charge in [0.1, 0.15) is 42.7 Å². The van der Waals surface area contributed by atoms with Gasteiger partial charge in [-0.15, -0.1) is 0 Å². The summed E-state index contributed by atoms with van der Waals surface area (Å²) in [6, 6.07) is 29.7. The van der Waals surface area contributed by atoms with E-state index in [1.165, 1.54) is 0 Å². The van der Waals surface area contributed by atoms with E-state index in [2.05, 4.69) is 0 Å². The molecular weight excluding hydrogens is 592 g/mol. The average molecular weight is 635 g/mol. The maximum Gasteiger partial charge on any atom is 0.187 e. The van der Waals surface area contributed by atoms with Crippen molar-refractivity contribution in [2.75, 3.05) is 6.61 Å². The lowest BCUT2D eigenvalue weighted by Gasteiger charge is -2.50. The van der Waals surface area contributed by atoms with E-state index in [0.717, 1.165) is 16.7 Å². The van der Waals surface area contributed by atoms with Gasteiger partial charge in [-0.3, -0.25) is 0 Å². The lowest BCUT2D eigenvalue weighted by molar-refractivity contribution is -0.388. The van der Waals surface area contributed by atoms with Gasteiger partial charge < -0.3 is 47.7 Å². The number of benzene rings is 3. The molecule has 3 aromatic carbocycles. The average Bonchev–Trinajstić information content (AvgIpc) is 3.41. The maximum atomic E-state index is 10.7. The van der Waals surface area contributed by atoms with E-state index in [4.69, 9.17) is 42.6 Å². The van der Waals surface area contributed by atoms with Crippen molar-refractivity contribution < 1.29 is 47.7 Å². The largest absolute Gasteiger partial charge is 0.368 e. The van der Waals surface area contributed by atoms with Crippen molar-refractivity contribution in [3.63, 3.8) is 0 Å². The number of rotatable bonds is 9. The molecule has 10 heteroatoms. The highest BCUT2D eigenvalue weighted by molar-refractivity contribution is 5.18. The smallest absolute Gasteiger partial charge is 0.187 e. The second kappa shape index (κ2) is 13.8. The number of hydrogen-bond donors (Lipinski definition) is 1. The van der Waals surface area contributed by atoms with E-state index in [-0.39, 0.29) is 6.61 Å². The Morgan fingerprint density at radius 3 is 1.93 bits per heavy atom. The van der Waals surface area contributed by atoms with Gasteiger partial charge in [0.2, 0.25) is 0 Å². The van der Waals surface area contributed by atoms with Crippen LogP contribution in [0, 0.1) is 0 Å². The number of hydrogen-bond acceptors (Lipinski definition) is 10. The highest BCUT2D eigenvalue weighted by atomic mass is 16.8. The third-order valence-electron chi connectivity index (χ3n) is 8.80. The summed E-state index contributed by atoms with van der Waals surface area (Å²) < 4.78 is 57.7. The second-order valence-electron chi connectivity index (χ2n) is 12.6. The van der Waals surface area contributed by atoms with Gasteiger partial charge in [-0.05, 0) is 31.9 Å². The van der Waals surface area contributed by atoms with Crippen molar-refractivity contribution in [3.8, 4) is 0 Å². The maximum absolute atomic E-state index is 10.7. The first-order valence-electron chi connectivity index (χ1n) is 16.0. The predicted molar refractivity (Wildman–Crippen MR) is 164 cm³/mol. The van der Waals surface area contributed by atoms with Crippen LogP contribution in [0.4, 0.5) is 0 Å². The molecule has 4 aliphatic rings. The molecule has 0 aromatic heterocycles. The van der Waals surface area contributed by atoms with Crippen LogP contribution in [0.1, 0.15) is 43.8 Å². The van der Waals surface area contributed by atoms with Gasteiger partial charge >= 0.3 is 0 Å². The molecular formula is C36H42O10. The zero-order chi connectivity index (χ0) is 31.7. The van der Waals surface area contributed by atoms with Gasteiger partial charge in [0.25, 0.3) is 0 Å². The number of fused-ring (bicyclic) bond motifs is 2. The summed E-state index contributed by atoms with van der Waals surface area (Å²) in [6.45, 7) is 6.34. The molecule has 0 bridgehead atoms. The van der Waals surface area contributed by atoms with Crippen LogP contribution in [-0.4, -0.2) is 78.9 Å². The molecule has 0 aliphatic carbocycles. The first-order chi connectivity index (χ1) is 22.3. The van der Waals surface area contributed by atoms with Crippen LogP contribution in [-0.2, 0) is 55.8 Å². The van der Waals surface area contributed by atoms with Gasteiger partial charge in [-0.25, -0.2) is 0 Å². The quantitative estimate of drug-likeness (QED) is 0.358. The molecule has 1 unspecified atom stereocenters. The zero-order valence-electron chi connectivity index (χ0n) is 26.3. The van der Waals surface area contributed by atoms with E-state index in [0.29, 0.717) is 13.2 Å². The molecule has 46 heavy (non-hydrogen) atoms. The molecule has 4 fully saturated rings. The minimum Gasteiger partial charge on any atom is -0.368 e. The molecule has 7 rings (SSSR count). The monoisotopic (exact) mass is 634 g/mol. The Bertz CT molecular complexity index is 1390. The van der Waals surface area contributed by atoms with Crippen LogP contribution in [0.5, 0.6) is 0 Å². The normalized spacial score (nSPS) is 36.9. The number of aliphatic hydroxyl groups is 1. The fourth-order valence-electron chi connectivity index (χ4n) is 6.61. The fraction of sp³-hybridized carbons (Fsp3) is 0.500. The fourth-order valence-corrected chi connectivity index (χ4v) is 6.61. The van der Waals surface area contributed by atoms with E-state index < -0.39 is 73.5 Å². The summed E-state index contributed by atoms with van der Waals surface area (Å²) in [5, 5.41) is 10.7. The molecule has 4 heterocycles. The molecule has 0 amide bonds. The molecule has 0 saturated carbocycles. The summed E-state index contributed by atoms with van der Waals surface area (Å²) in [6.07, 6.45) is -7.51. The van der Waals surface area contributed by atoms with Crippen molar-refractivity contribution in [1.29, 1.82) is 0 Å². The molecule has 11 atom stereocenters. The van der Waals surface area contributed by atoms with Gasteiger partial charge in [-0.1, -0.05) is 91.0 Å². The third-order valence-corrected chi connectivity index (χ3v) is 8.80. The van der Waals surface area contributed by atoms with Gasteiger partial charge in [0.05, 0.1) is 25.9 Å². The molecule has 0 radical (unpaired) electrons. The molecule has 4 saturated heterocycles. The van der Waals surface area contributed by atoms with Crippen LogP contribution >= 0.6 is 0 Å². The molecule has 246 valence electrons. The van der Waals surface area contributed by atoms with Crippen LogP contribution in [0.2, 0.25) is 0 Å². The SMILES string of the molecule is C[C@@H]1O[C@@H](O)[C@@H]2OC(C)(C)O[C@@H]2[C@H]1O[C@@H]1O[C@@H]2COC(c3ccccc3)O[C@H]2[C@H](OCc2ccccc2)[C@@H]1OCc1ccccc1. The lowest BCUT2D eigenvalue weighted by atomic mass is 9.96. The molecule has 4 aliphatic heterocycles. The topological polar surface area (TPSA) is 103 Å². The van der Waals surface area contributed by atoms with Crippen molar-refractivity contribution in [3.05, 3.63) is 108 Å². The van der Waals surface area contributed by atoms with E-state index in [9.17, 15) is 5.11 Å². The van der Waals surface area contributed by atoms with Crippen molar-refractivity contribution in [2.45, 2.75) is 107 Å². The zero-order valence-corrected chi connectivity index (χ0v) is 26.3. The van der Waals surface area contributed by atoms with Crippen molar-refractivity contribution >= 4 is 0 Å². The van der Waals surface area contributed by atoms with Crippen LogP contribution in [0.25, 0.3) is 0 Å². The second-order valence-corrected chi connectivity index (χ2v) is 12.6. The summed E-state index contributed by atoms with van der Waals surface area (Å²) in [7, 11) is 0. The summed E-state index contributed by atoms with van der Waals surface area (Å²) in [4.78, 5) is 0. The van der Waals surface area contributed by atoms with E-state index >= 15 is 0 Å². The Kier molecular flexibility index (Phi) is 9.54. The molecule has 10 nitrogen and oxygen atoms in total. The molecule has 1 N–H and O–H groups in total. The van der Waals surface area contributed by atoms with Crippen LogP contribution in [0.15, 0.2) is 91.0 Å². The Hall–Kier alpha value is -2.74. The Morgan fingerprint density at radius 1 is 0.696 bits per heavy atom. The van der Waals surface area contributed by atoms with Gasteiger partial charge in [0, 0.05) is 5.56 Å². The highest BCUT2D eigenvalue weighted by Gasteiger charge is 2.58. The third kappa shape index (κ3) is 6.93. The standard InChI is InChI=1S/C36H42O10/c1-22-27(30-31(33(37)41-22)46-36(2,3)45-30)43-35-32(39-20-24-15-9-5-10-16-24)29(38-19-23-13-7-4-8-14-23)28-26(42-35)21-40-34(44-28)25-17-11-6-12-18-25/h4-18,22,26-35,37H,19-21H2,1-3H3/t22-,26+,27-,28+,29-,30+,31+,32-,33+,34?,35-/m0/s1. The van der Waals surface area contributed by atoms with Crippen LogP contribution < -0.4 is 0 Å². The Morgan fingerprint density at radius 2 is 1.28 bits per heavy atom. The van der Waals surface area contributed by atoms with Gasteiger partial charge in [0.15, 0.2) is 24.7 Å². The molecule has 3 aromatic rings. The highest BCUT2D eigenvalue weighted by Crippen LogP contribution is 2.41. The minimum absolute atomic E-state index is 0.259. The van der Waals surface area contributed by atoms with E-state index in [1.54, 1.807) is 13.8 Å². The minimum atomic E-state index is -1.15. The number of ether oxygens (including phenoxy) is 9. The van der Waals surface area contributed by atoms with Crippen molar-refractivity contribution in [2.24, 2.45) is 0 Å². The number of aliphatic hydroxyl groups excluding tert-OH is 1. The Balaban J connectivity index is 1.20. The summed E-state index contributed by atoms with van der Waals surface area (Å²) in [5.41, 5.74) is 2.91. The first kappa shape index (κ1) is 31.8. The van der Waals surface area contributed by atoms with Crippen LogP contribution in [0.3, 0.4) is 0 Å². The Labute approximate surface area is 269 Å². The predicted octanol–water partition coefficient (Wildman–Crippen LogP) is 4.64. The lowest BCUT2D eigenvalue weighted by Crippen LogP contribution is -2.65. The molecule has 0 spiro atoms. The van der Waals surface area contributed by atoms with Gasteiger partial charge in [-0.2, -0.15) is 0 Å². The summed E-state index contributed by atoms with van der Waals surface area (Å²) in [5.74, 6) is -0.925. The first-order valence-corrected chi connectivity index (χ1v) is 16.0. The van der Waals surface area contributed by atoms with E-state index in [1.807, 2.05) is 97.9 Å². The van der Waals surface area contributed by atoms with Crippen molar-refractivity contribution in [1.82, 2.24) is 0 Å². The summed E-state index contributed by atoms with van der Waals surface area (Å²) >= 11 is 0.